The molecule has 108 valence electrons. The molecule has 0 aliphatic carbocycles. The van der Waals surface area contributed by atoms with Crippen LogP contribution in [-0.4, -0.2) is 22.4 Å². The standard InChI is InChI=1S/C12H11F3N2O3/c1-6-3-7(4-8(5-18)9(6)19-2)10-16-11(20-17-10)12(13,14)15/h3-4,18H,5H2,1-2H3. The smallest absolute Gasteiger partial charge is 0.471 e. The normalized spacial score (nSPS) is 11.7. The third-order valence-electron chi connectivity index (χ3n) is 2.65. The summed E-state index contributed by atoms with van der Waals surface area (Å²) in [7, 11) is 1.44. The zero-order valence-electron chi connectivity index (χ0n) is 10.7. The first kappa shape index (κ1) is 14.3. The Bertz CT molecular complexity index is 623. The van der Waals surface area contributed by atoms with E-state index in [2.05, 4.69) is 14.7 Å². The van der Waals surface area contributed by atoms with Crippen molar-refractivity contribution in [1.29, 1.82) is 0 Å². The summed E-state index contributed by atoms with van der Waals surface area (Å²) < 4.78 is 46.5. The minimum absolute atomic E-state index is 0.197. The number of aliphatic hydroxyl groups excluding tert-OH is 1. The molecule has 0 saturated heterocycles. The van der Waals surface area contributed by atoms with Gasteiger partial charge in [0.05, 0.1) is 13.7 Å². The van der Waals surface area contributed by atoms with Crippen molar-refractivity contribution in [2.75, 3.05) is 7.11 Å². The number of nitrogens with zero attached hydrogens (tertiary/aromatic N) is 2. The lowest BCUT2D eigenvalue weighted by atomic mass is 10.0. The van der Waals surface area contributed by atoms with Crippen molar-refractivity contribution in [3.05, 3.63) is 29.2 Å². The molecule has 0 saturated carbocycles. The van der Waals surface area contributed by atoms with Crippen LogP contribution in [0.15, 0.2) is 16.7 Å². The van der Waals surface area contributed by atoms with Crippen LogP contribution in [0.25, 0.3) is 11.4 Å². The van der Waals surface area contributed by atoms with E-state index in [1.807, 2.05) is 0 Å². The molecule has 0 aliphatic heterocycles. The van der Waals surface area contributed by atoms with Gasteiger partial charge in [0.15, 0.2) is 0 Å². The van der Waals surface area contributed by atoms with Gasteiger partial charge in [0.2, 0.25) is 5.82 Å². The van der Waals surface area contributed by atoms with Crippen LogP contribution in [0, 0.1) is 6.92 Å². The molecule has 0 spiro atoms. The summed E-state index contributed by atoms with van der Waals surface area (Å²) in [5, 5.41) is 12.6. The highest BCUT2D eigenvalue weighted by Gasteiger charge is 2.38. The molecule has 0 unspecified atom stereocenters. The number of halogens is 3. The van der Waals surface area contributed by atoms with Crippen LogP contribution in [0.1, 0.15) is 17.0 Å². The third kappa shape index (κ3) is 2.60. The summed E-state index contributed by atoms with van der Waals surface area (Å²) >= 11 is 0. The number of hydrogen-bond donors (Lipinski definition) is 1. The van der Waals surface area contributed by atoms with Gasteiger partial charge in [0, 0.05) is 11.1 Å². The maximum atomic E-state index is 12.4. The van der Waals surface area contributed by atoms with Crippen LogP contribution in [-0.2, 0) is 12.8 Å². The summed E-state index contributed by atoms with van der Waals surface area (Å²) in [6.07, 6.45) is -4.69. The molecule has 0 aliphatic rings. The summed E-state index contributed by atoms with van der Waals surface area (Å²) in [5.41, 5.74) is 1.39. The van der Waals surface area contributed by atoms with Crippen LogP contribution in [0.4, 0.5) is 13.2 Å². The lowest BCUT2D eigenvalue weighted by Gasteiger charge is -2.10. The maximum absolute atomic E-state index is 12.4. The van der Waals surface area contributed by atoms with Crippen LogP contribution >= 0.6 is 0 Å². The number of benzene rings is 1. The van der Waals surface area contributed by atoms with Crippen molar-refractivity contribution >= 4 is 0 Å². The van der Waals surface area contributed by atoms with Gasteiger partial charge in [-0.15, -0.1) is 0 Å². The van der Waals surface area contributed by atoms with Gasteiger partial charge in [0.1, 0.15) is 5.75 Å². The second-order valence-corrected chi connectivity index (χ2v) is 4.06. The minimum atomic E-state index is -4.69. The summed E-state index contributed by atoms with van der Waals surface area (Å²) in [4.78, 5) is 3.30. The zero-order chi connectivity index (χ0) is 14.9. The lowest BCUT2D eigenvalue weighted by Crippen LogP contribution is -2.04. The lowest BCUT2D eigenvalue weighted by molar-refractivity contribution is -0.159. The monoisotopic (exact) mass is 288 g/mol. The molecule has 0 atom stereocenters. The first-order chi connectivity index (χ1) is 9.36. The fraction of sp³-hybridized carbons (Fsp3) is 0.333. The van der Waals surface area contributed by atoms with Crippen LogP contribution in [0.2, 0.25) is 0 Å². The van der Waals surface area contributed by atoms with Gasteiger partial charge in [0.25, 0.3) is 0 Å². The highest BCUT2D eigenvalue weighted by Crippen LogP contribution is 2.32. The van der Waals surface area contributed by atoms with Crippen molar-refractivity contribution in [2.45, 2.75) is 19.7 Å². The van der Waals surface area contributed by atoms with Crippen LogP contribution in [0.5, 0.6) is 5.75 Å². The van der Waals surface area contributed by atoms with Gasteiger partial charge in [-0.2, -0.15) is 18.2 Å². The van der Waals surface area contributed by atoms with E-state index in [0.29, 0.717) is 22.4 Å². The Morgan fingerprint density at radius 2 is 2.05 bits per heavy atom. The van der Waals surface area contributed by atoms with E-state index in [-0.39, 0.29) is 12.4 Å². The van der Waals surface area contributed by atoms with Gasteiger partial charge < -0.3 is 14.4 Å². The Kier molecular flexibility index (Phi) is 3.67. The number of aromatic nitrogens is 2. The molecule has 1 N–H and O–H groups in total. The Balaban J connectivity index is 2.48. The van der Waals surface area contributed by atoms with Gasteiger partial charge in [-0.1, -0.05) is 5.16 Å². The number of aryl methyl sites for hydroxylation is 1. The Hall–Kier alpha value is -2.09. The molecule has 5 nitrogen and oxygen atoms in total. The minimum Gasteiger partial charge on any atom is -0.496 e. The van der Waals surface area contributed by atoms with E-state index in [1.165, 1.54) is 13.2 Å². The van der Waals surface area contributed by atoms with Crippen LogP contribution in [0.3, 0.4) is 0 Å². The number of ether oxygens (including phenoxy) is 1. The molecule has 2 aromatic rings. The fourth-order valence-electron chi connectivity index (χ4n) is 1.84. The molecule has 0 fully saturated rings. The molecule has 0 amide bonds. The Labute approximate surface area is 112 Å². The van der Waals surface area contributed by atoms with Crippen molar-refractivity contribution in [1.82, 2.24) is 10.1 Å². The molecule has 8 heteroatoms. The summed E-state index contributed by atoms with van der Waals surface area (Å²) in [5.74, 6) is -1.14. The number of rotatable bonds is 3. The first-order valence-corrected chi connectivity index (χ1v) is 5.56. The highest BCUT2D eigenvalue weighted by atomic mass is 19.4. The zero-order valence-corrected chi connectivity index (χ0v) is 10.7. The van der Waals surface area contributed by atoms with E-state index in [0.717, 1.165) is 0 Å². The molecule has 2 rings (SSSR count). The van der Waals surface area contributed by atoms with Crippen molar-refractivity contribution in [2.24, 2.45) is 0 Å². The second-order valence-electron chi connectivity index (χ2n) is 4.06. The van der Waals surface area contributed by atoms with Gasteiger partial charge in [-0.25, -0.2) is 0 Å². The molecule has 1 heterocycles. The summed E-state index contributed by atoms with van der Waals surface area (Å²) in [6.45, 7) is 1.38. The molecule has 0 radical (unpaired) electrons. The fourth-order valence-corrected chi connectivity index (χ4v) is 1.84. The third-order valence-corrected chi connectivity index (χ3v) is 2.65. The number of aliphatic hydroxyl groups is 1. The predicted molar refractivity (Wildman–Crippen MR) is 61.9 cm³/mol. The quantitative estimate of drug-likeness (QED) is 0.940. The average molecular weight is 288 g/mol. The average Bonchev–Trinajstić information content (AvgIpc) is 2.87. The number of hydrogen-bond acceptors (Lipinski definition) is 5. The van der Waals surface area contributed by atoms with Crippen molar-refractivity contribution in [3.63, 3.8) is 0 Å². The largest absolute Gasteiger partial charge is 0.496 e. The second kappa shape index (κ2) is 5.12. The van der Waals surface area contributed by atoms with Crippen LogP contribution < -0.4 is 4.74 Å². The van der Waals surface area contributed by atoms with Crippen molar-refractivity contribution in [3.8, 4) is 17.1 Å². The highest BCUT2D eigenvalue weighted by molar-refractivity contribution is 5.61. The van der Waals surface area contributed by atoms with E-state index in [1.54, 1.807) is 13.0 Å². The van der Waals surface area contributed by atoms with E-state index in [9.17, 15) is 18.3 Å². The van der Waals surface area contributed by atoms with Crippen molar-refractivity contribution < 1.29 is 27.5 Å². The summed E-state index contributed by atoms with van der Waals surface area (Å²) in [6, 6.07) is 3.01. The van der Waals surface area contributed by atoms with Gasteiger partial charge >= 0.3 is 12.1 Å². The van der Waals surface area contributed by atoms with E-state index in [4.69, 9.17) is 4.74 Å². The first-order valence-electron chi connectivity index (χ1n) is 5.56. The number of methoxy groups -OCH3 is 1. The predicted octanol–water partition coefficient (Wildman–Crippen LogP) is 2.56. The SMILES string of the molecule is COc1c(C)cc(-c2noc(C(F)(F)F)n2)cc1CO. The molecule has 20 heavy (non-hydrogen) atoms. The van der Waals surface area contributed by atoms with E-state index < -0.39 is 12.1 Å². The van der Waals surface area contributed by atoms with E-state index >= 15 is 0 Å². The molecule has 1 aromatic heterocycles. The molecular weight excluding hydrogens is 277 g/mol. The number of alkyl halides is 3. The molecule has 1 aromatic carbocycles. The molecular formula is C12H11F3N2O3. The Morgan fingerprint density at radius 1 is 1.35 bits per heavy atom. The molecule has 0 bridgehead atoms. The topological polar surface area (TPSA) is 68.4 Å². The Morgan fingerprint density at radius 3 is 2.55 bits per heavy atom. The maximum Gasteiger partial charge on any atom is 0.471 e. The van der Waals surface area contributed by atoms with Gasteiger partial charge in [-0.3, -0.25) is 0 Å². The van der Waals surface area contributed by atoms with Gasteiger partial charge in [-0.05, 0) is 24.6 Å².